The van der Waals surface area contributed by atoms with E-state index in [9.17, 15) is 0 Å². The van der Waals surface area contributed by atoms with E-state index >= 15 is 0 Å². The summed E-state index contributed by atoms with van der Waals surface area (Å²) in [5.74, 6) is 0. The average Bonchev–Trinajstić information content (AvgIpc) is 2.47. The minimum Gasteiger partial charge on any atom is -0.395 e. The first kappa shape index (κ1) is 9.96. The highest BCUT2D eigenvalue weighted by Crippen LogP contribution is 2.16. The van der Waals surface area contributed by atoms with Crippen LogP contribution < -0.4 is 0 Å². The van der Waals surface area contributed by atoms with Crippen LogP contribution in [-0.2, 0) is 0 Å². The predicted molar refractivity (Wildman–Crippen MR) is 48.0 cm³/mol. The summed E-state index contributed by atoms with van der Waals surface area (Å²) in [4.78, 5) is 2.27. The van der Waals surface area contributed by atoms with Gasteiger partial charge in [-0.2, -0.15) is 0 Å². The highest BCUT2D eigenvalue weighted by atomic mass is 16.3. The third-order valence-corrected chi connectivity index (χ3v) is 2.54. The molecule has 72 valence electrons. The molecule has 1 saturated heterocycles. The number of aliphatic hydroxyl groups excluding tert-OH is 2. The Balaban J connectivity index is 2.21. The average molecular weight is 173 g/mol. The predicted octanol–water partition coefficient (Wildman–Crippen LogP) is 0.214. The Labute approximate surface area is 74.0 Å². The van der Waals surface area contributed by atoms with Gasteiger partial charge < -0.3 is 10.2 Å². The Morgan fingerprint density at radius 3 is 2.92 bits per heavy atom. The zero-order valence-electron chi connectivity index (χ0n) is 7.74. The lowest BCUT2D eigenvalue weighted by atomic mass is 10.2. The molecule has 0 aromatic carbocycles. The highest BCUT2D eigenvalue weighted by molar-refractivity contribution is 4.78. The van der Waals surface area contributed by atoms with Gasteiger partial charge in [0.2, 0.25) is 0 Å². The molecule has 0 spiro atoms. The lowest BCUT2D eigenvalue weighted by Crippen LogP contribution is -2.34. The number of hydrogen-bond acceptors (Lipinski definition) is 3. The molecule has 0 radical (unpaired) electrons. The molecule has 3 heteroatoms. The van der Waals surface area contributed by atoms with Crippen molar-refractivity contribution in [1.29, 1.82) is 0 Å². The first-order chi connectivity index (χ1) is 5.74. The lowest BCUT2D eigenvalue weighted by Gasteiger charge is -2.22. The van der Waals surface area contributed by atoms with E-state index < -0.39 is 0 Å². The summed E-state index contributed by atoms with van der Waals surface area (Å²) in [6.45, 7) is 4.07. The summed E-state index contributed by atoms with van der Waals surface area (Å²) >= 11 is 0. The Kier molecular flexibility index (Phi) is 3.98. The second-order valence-corrected chi connectivity index (χ2v) is 3.65. The first-order valence-electron chi connectivity index (χ1n) is 4.77. The van der Waals surface area contributed by atoms with Crippen molar-refractivity contribution in [3.05, 3.63) is 0 Å². The lowest BCUT2D eigenvalue weighted by molar-refractivity contribution is 0.125. The van der Waals surface area contributed by atoms with E-state index in [-0.39, 0.29) is 12.7 Å². The van der Waals surface area contributed by atoms with Gasteiger partial charge in [0.15, 0.2) is 0 Å². The second kappa shape index (κ2) is 4.80. The fraction of sp³-hybridized carbons (Fsp3) is 1.00. The molecule has 1 fully saturated rings. The maximum absolute atomic E-state index is 9.08. The van der Waals surface area contributed by atoms with Gasteiger partial charge in [0.05, 0.1) is 12.7 Å². The minimum absolute atomic E-state index is 0.218. The number of likely N-dealkylation sites (tertiary alicyclic amines) is 1. The molecular weight excluding hydrogens is 154 g/mol. The molecule has 0 aliphatic carbocycles. The molecule has 2 atom stereocenters. The molecule has 1 aliphatic heterocycles. The number of rotatable bonds is 4. The second-order valence-electron chi connectivity index (χ2n) is 3.65. The van der Waals surface area contributed by atoms with Gasteiger partial charge in [-0.05, 0) is 32.7 Å². The van der Waals surface area contributed by atoms with Gasteiger partial charge in [-0.1, -0.05) is 0 Å². The van der Waals surface area contributed by atoms with E-state index in [4.69, 9.17) is 10.2 Å². The summed E-state index contributed by atoms with van der Waals surface area (Å²) in [6, 6.07) is 0.351. The molecule has 0 amide bonds. The molecule has 0 saturated carbocycles. The van der Waals surface area contributed by atoms with Gasteiger partial charge >= 0.3 is 0 Å². The van der Waals surface area contributed by atoms with Crippen LogP contribution in [0.25, 0.3) is 0 Å². The van der Waals surface area contributed by atoms with Crippen molar-refractivity contribution in [3.8, 4) is 0 Å². The Morgan fingerprint density at radius 1 is 1.58 bits per heavy atom. The standard InChI is InChI=1S/C9H19NO2/c1-8(12)4-6-10-5-2-3-9(10)7-11/h8-9,11-12H,2-7H2,1H3/t8?,9-/m1/s1. The van der Waals surface area contributed by atoms with Crippen LogP contribution >= 0.6 is 0 Å². The van der Waals surface area contributed by atoms with Crippen LogP contribution in [0, 0.1) is 0 Å². The zero-order valence-corrected chi connectivity index (χ0v) is 7.74. The molecule has 0 aromatic rings. The van der Waals surface area contributed by atoms with Crippen LogP contribution in [0.15, 0.2) is 0 Å². The van der Waals surface area contributed by atoms with E-state index in [2.05, 4.69) is 4.90 Å². The summed E-state index contributed by atoms with van der Waals surface area (Å²) in [6.07, 6.45) is 2.89. The molecular formula is C9H19NO2. The smallest absolute Gasteiger partial charge is 0.0586 e. The fourth-order valence-electron chi connectivity index (χ4n) is 1.75. The van der Waals surface area contributed by atoms with Gasteiger partial charge in [-0.3, -0.25) is 4.90 Å². The van der Waals surface area contributed by atoms with Gasteiger partial charge in [-0.15, -0.1) is 0 Å². The molecule has 1 rings (SSSR count). The monoisotopic (exact) mass is 173 g/mol. The van der Waals surface area contributed by atoms with E-state index in [0.717, 1.165) is 25.9 Å². The van der Waals surface area contributed by atoms with Gasteiger partial charge in [-0.25, -0.2) is 0 Å². The van der Waals surface area contributed by atoms with Crippen molar-refractivity contribution < 1.29 is 10.2 Å². The Bertz CT molecular complexity index is 128. The van der Waals surface area contributed by atoms with Crippen LogP contribution in [0.1, 0.15) is 26.2 Å². The topological polar surface area (TPSA) is 43.7 Å². The highest BCUT2D eigenvalue weighted by Gasteiger charge is 2.22. The van der Waals surface area contributed by atoms with Crippen LogP contribution in [0.3, 0.4) is 0 Å². The molecule has 1 heterocycles. The first-order valence-corrected chi connectivity index (χ1v) is 4.77. The summed E-state index contributed by atoms with van der Waals surface area (Å²) in [5.41, 5.74) is 0. The number of hydrogen-bond donors (Lipinski definition) is 2. The fourth-order valence-corrected chi connectivity index (χ4v) is 1.75. The zero-order chi connectivity index (χ0) is 8.97. The van der Waals surface area contributed by atoms with Crippen molar-refractivity contribution >= 4 is 0 Å². The van der Waals surface area contributed by atoms with Crippen molar-refractivity contribution in [1.82, 2.24) is 4.90 Å². The van der Waals surface area contributed by atoms with Crippen LogP contribution in [0.2, 0.25) is 0 Å². The molecule has 0 aromatic heterocycles. The van der Waals surface area contributed by atoms with E-state index in [1.54, 1.807) is 0 Å². The van der Waals surface area contributed by atoms with Crippen molar-refractivity contribution in [2.24, 2.45) is 0 Å². The maximum atomic E-state index is 9.08. The normalized spacial score (nSPS) is 27.8. The van der Waals surface area contributed by atoms with E-state index in [1.165, 1.54) is 6.42 Å². The third kappa shape index (κ3) is 2.73. The molecule has 12 heavy (non-hydrogen) atoms. The Morgan fingerprint density at radius 2 is 2.33 bits per heavy atom. The van der Waals surface area contributed by atoms with Crippen molar-refractivity contribution in [2.45, 2.75) is 38.3 Å². The third-order valence-electron chi connectivity index (χ3n) is 2.54. The molecule has 3 nitrogen and oxygen atoms in total. The summed E-state index contributed by atoms with van der Waals surface area (Å²) < 4.78 is 0. The van der Waals surface area contributed by atoms with Gasteiger partial charge in [0.1, 0.15) is 0 Å². The number of nitrogens with zero attached hydrogens (tertiary/aromatic N) is 1. The van der Waals surface area contributed by atoms with Crippen LogP contribution in [0.5, 0.6) is 0 Å². The SMILES string of the molecule is CC(O)CCN1CCC[C@@H]1CO. The molecule has 2 N–H and O–H groups in total. The quantitative estimate of drug-likeness (QED) is 0.639. The van der Waals surface area contributed by atoms with Gasteiger partial charge in [0, 0.05) is 12.6 Å². The van der Waals surface area contributed by atoms with E-state index in [1.807, 2.05) is 6.92 Å². The largest absolute Gasteiger partial charge is 0.395 e. The number of aliphatic hydroxyl groups is 2. The maximum Gasteiger partial charge on any atom is 0.0586 e. The van der Waals surface area contributed by atoms with Crippen molar-refractivity contribution in [2.75, 3.05) is 19.7 Å². The van der Waals surface area contributed by atoms with Crippen LogP contribution in [0.4, 0.5) is 0 Å². The Hall–Kier alpha value is -0.120. The van der Waals surface area contributed by atoms with Crippen LogP contribution in [-0.4, -0.2) is 47.0 Å². The van der Waals surface area contributed by atoms with Crippen molar-refractivity contribution in [3.63, 3.8) is 0 Å². The van der Waals surface area contributed by atoms with E-state index in [0.29, 0.717) is 6.04 Å². The molecule has 1 unspecified atom stereocenters. The molecule has 1 aliphatic rings. The summed E-state index contributed by atoms with van der Waals surface area (Å²) in [7, 11) is 0. The molecule has 0 bridgehead atoms. The minimum atomic E-state index is -0.218. The van der Waals surface area contributed by atoms with Gasteiger partial charge in [0.25, 0.3) is 0 Å². The summed E-state index contributed by atoms with van der Waals surface area (Å²) in [5, 5.41) is 18.1.